The lowest BCUT2D eigenvalue weighted by molar-refractivity contribution is 0.355. The zero-order chi connectivity index (χ0) is 15.5. The minimum atomic E-state index is -0.0238. The molecule has 5 nitrogen and oxygen atoms in total. The molecule has 2 aromatic carbocycles. The zero-order valence-corrected chi connectivity index (χ0v) is 12.5. The second-order valence-electron chi connectivity index (χ2n) is 5.07. The van der Waals surface area contributed by atoms with Crippen molar-refractivity contribution in [3.05, 3.63) is 53.6 Å². The Morgan fingerprint density at radius 2 is 1.86 bits per heavy atom. The molecule has 1 aliphatic rings. The van der Waals surface area contributed by atoms with Gasteiger partial charge in [-0.15, -0.1) is 0 Å². The van der Waals surface area contributed by atoms with Gasteiger partial charge in [-0.25, -0.2) is 0 Å². The Bertz CT molecular complexity index is 713. The molecule has 0 amide bonds. The summed E-state index contributed by atoms with van der Waals surface area (Å²) in [5.41, 5.74) is 5.83. The van der Waals surface area contributed by atoms with Crippen molar-refractivity contribution in [2.45, 2.75) is 12.5 Å². The van der Waals surface area contributed by atoms with Gasteiger partial charge in [-0.1, -0.05) is 18.2 Å². The summed E-state index contributed by atoms with van der Waals surface area (Å²) in [5, 5.41) is 14.3. The number of nitrogens with zero attached hydrogens (tertiary/aromatic N) is 1. The molecule has 2 N–H and O–H groups in total. The Morgan fingerprint density at radius 3 is 2.59 bits per heavy atom. The average molecular weight is 298 g/mol. The first-order chi connectivity index (χ1) is 10.7. The second kappa shape index (κ2) is 5.97. The topological polar surface area (TPSA) is 63.1 Å². The molecule has 0 spiro atoms. The van der Waals surface area contributed by atoms with Crippen LogP contribution in [0.15, 0.2) is 47.6 Å². The summed E-state index contributed by atoms with van der Waals surface area (Å²) in [4.78, 5) is 0. The molecule has 22 heavy (non-hydrogen) atoms. The van der Waals surface area contributed by atoms with Crippen molar-refractivity contribution in [1.29, 1.82) is 0 Å². The van der Waals surface area contributed by atoms with Crippen molar-refractivity contribution >= 4 is 5.71 Å². The molecule has 1 atom stereocenters. The number of aromatic hydroxyl groups is 1. The molecule has 0 radical (unpaired) electrons. The van der Waals surface area contributed by atoms with Crippen LogP contribution in [0.5, 0.6) is 17.2 Å². The van der Waals surface area contributed by atoms with E-state index in [-0.39, 0.29) is 11.8 Å². The number of phenolic OH excluding ortho intramolecular Hbond substituents is 1. The van der Waals surface area contributed by atoms with Gasteiger partial charge in [-0.2, -0.15) is 5.10 Å². The summed E-state index contributed by atoms with van der Waals surface area (Å²) in [6.45, 7) is 0. The first-order valence-electron chi connectivity index (χ1n) is 7.05. The van der Waals surface area contributed by atoms with Gasteiger partial charge >= 0.3 is 0 Å². The SMILES string of the molecule is COc1ccc(C2=NN[C@H](c3ccccc3O)C2)cc1OC. The molecule has 0 aromatic heterocycles. The summed E-state index contributed by atoms with van der Waals surface area (Å²) in [6, 6.07) is 13.0. The molecule has 3 rings (SSSR count). The fourth-order valence-corrected chi connectivity index (χ4v) is 2.60. The monoisotopic (exact) mass is 298 g/mol. The Balaban J connectivity index is 1.82. The van der Waals surface area contributed by atoms with E-state index in [1.807, 2.05) is 36.4 Å². The predicted molar refractivity (Wildman–Crippen MR) is 84.7 cm³/mol. The van der Waals surface area contributed by atoms with E-state index < -0.39 is 0 Å². The molecule has 5 heteroatoms. The molecule has 0 aliphatic carbocycles. The molecule has 0 bridgehead atoms. The third kappa shape index (κ3) is 2.57. The van der Waals surface area contributed by atoms with Gasteiger partial charge in [0, 0.05) is 17.5 Å². The molecule has 0 fully saturated rings. The smallest absolute Gasteiger partial charge is 0.161 e. The van der Waals surface area contributed by atoms with E-state index in [1.54, 1.807) is 20.3 Å². The molecule has 1 aliphatic heterocycles. The fourth-order valence-electron chi connectivity index (χ4n) is 2.60. The van der Waals surface area contributed by atoms with E-state index in [4.69, 9.17) is 9.47 Å². The van der Waals surface area contributed by atoms with Crippen LogP contribution in [0.25, 0.3) is 0 Å². The van der Waals surface area contributed by atoms with E-state index in [9.17, 15) is 5.11 Å². The van der Waals surface area contributed by atoms with Crippen LogP contribution < -0.4 is 14.9 Å². The summed E-state index contributed by atoms with van der Waals surface area (Å²) in [7, 11) is 3.22. The Morgan fingerprint density at radius 1 is 1.09 bits per heavy atom. The van der Waals surface area contributed by atoms with Crippen molar-refractivity contribution in [3.8, 4) is 17.2 Å². The molecule has 0 saturated heterocycles. The van der Waals surface area contributed by atoms with Gasteiger partial charge in [-0.3, -0.25) is 0 Å². The van der Waals surface area contributed by atoms with Gasteiger partial charge in [0.05, 0.1) is 26.0 Å². The minimum Gasteiger partial charge on any atom is -0.508 e. The van der Waals surface area contributed by atoms with Crippen molar-refractivity contribution in [3.63, 3.8) is 0 Å². The third-order valence-corrected chi connectivity index (χ3v) is 3.78. The number of methoxy groups -OCH3 is 2. The van der Waals surface area contributed by atoms with Crippen LogP contribution in [0.3, 0.4) is 0 Å². The van der Waals surface area contributed by atoms with Crippen LogP contribution >= 0.6 is 0 Å². The maximum Gasteiger partial charge on any atom is 0.161 e. The Kier molecular flexibility index (Phi) is 3.87. The van der Waals surface area contributed by atoms with Crippen LogP contribution in [-0.2, 0) is 0 Å². The number of benzene rings is 2. The Labute approximate surface area is 129 Å². The molecule has 2 aromatic rings. The number of para-hydroxylation sites is 1. The predicted octanol–water partition coefficient (Wildman–Crippen LogP) is 2.85. The van der Waals surface area contributed by atoms with Gasteiger partial charge in [0.25, 0.3) is 0 Å². The summed E-state index contributed by atoms with van der Waals surface area (Å²) in [6.07, 6.45) is 0.701. The highest BCUT2D eigenvalue weighted by Crippen LogP contribution is 2.33. The highest BCUT2D eigenvalue weighted by atomic mass is 16.5. The molecule has 0 unspecified atom stereocenters. The van der Waals surface area contributed by atoms with Gasteiger partial charge < -0.3 is 20.0 Å². The first kappa shape index (κ1) is 14.3. The number of phenols is 1. The molecule has 114 valence electrons. The van der Waals surface area contributed by atoms with Crippen molar-refractivity contribution in [2.24, 2.45) is 5.10 Å². The van der Waals surface area contributed by atoms with Crippen LogP contribution in [0.1, 0.15) is 23.6 Å². The number of hydrazone groups is 1. The van der Waals surface area contributed by atoms with Crippen molar-refractivity contribution in [2.75, 3.05) is 14.2 Å². The maximum atomic E-state index is 9.95. The highest BCUT2D eigenvalue weighted by Gasteiger charge is 2.23. The average Bonchev–Trinajstić information content (AvgIpc) is 3.04. The largest absolute Gasteiger partial charge is 0.508 e. The number of nitrogens with one attached hydrogen (secondary N) is 1. The molecule has 1 heterocycles. The lowest BCUT2D eigenvalue weighted by atomic mass is 9.98. The van der Waals surface area contributed by atoms with Gasteiger partial charge in [0.2, 0.25) is 0 Å². The lowest BCUT2D eigenvalue weighted by Crippen LogP contribution is -2.10. The molecular formula is C17H18N2O3. The number of ether oxygens (including phenoxy) is 2. The van der Waals surface area contributed by atoms with E-state index in [2.05, 4.69) is 10.5 Å². The highest BCUT2D eigenvalue weighted by molar-refractivity contribution is 6.02. The number of hydrogen-bond donors (Lipinski definition) is 2. The van der Waals surface area contributed by atoms with Crippen LogP contribution in [0.4, 0.5) is 0 Å². The summed E-state index contributed by atoms with van der Waals surface area (Å²) < 4.78 is 10.6. The van der Waals surface area contributed by atoms with Gasteiger partial charge in [-0.05, 0) is 24.3 Å². The minimum absolute atomic E-state index is 0.0238. The van der Waals surface area contributed by atoms with E-state index in [0.29, 0.717) is 17.9 Å². The quantitative estimate of drug-likeness (QED) is 0.911. The van der Waals surface area contributed by atoms with E-state index in [1.165, 1.54) is 0 Å². The standard InChI is InChI=1S/C17H18N2O3/c1-21-16-8-7-11(9-17(16)22-2)13-10-14(19-18-13)12-5-3-4-6-15(12)20/h3-9,14,19-20H,10H2,1-2H3/t14-/m0/s1. The second-order valence-corrected chi connectivity index (χ2v) is 5.07. The van der Waals surface area contributed by atoms with Gasteiger partial charge in [0.1, 0.15) is 5.75 Å². The van der Waals surface area contributed by atoms with Gasteiger partial charge in [0.15, 0.2) is 11.5 Å². The van der Waals surface area contributed by atoms with E-state index in [0.717, 1.165) is 16.8 Å². The molecular weight excluding hydrogens is 280 g/mol. The van der Waals surface area contributed by atoms with E-state index >= 15 is 0 Å². The lowest BCUT2D eigenvalue weighted by Gasteiger charge is -2.12. The number of rotatable bonds is 4. The summed E-state index contributed by atoms with van der Waals surface area (Å²) >= 11 is 0. The zero-order valence-electron chi connectivity index (χ0n) is 12.5. The fraction of sp³-hybridized carbons (Fsp3) is 0.235. The maximum absolute atomic E-state index is 9.95. The molecule has 0 saturated carbocycles. The van der Waals surface area contributed by atoms with Crippen LogP contribution in [0.2, 0.25) is 0 Å². The third-order valence-electron chi connectivity index (χ3n) is 3.78. The van der Waals surface area contributed by atoms with Crippen LogP contribution in [0, 0.1) is 0 Å². The first-order valence-corrected chi connectivity index (χ1v) is 7.05. The van der Waals surface area contributed by atoms with Crippen molar-refractivity contribution < 1.29 is 14.6 Å². The number of hydrogen-bond acceptors (Lipinski definition) is 5. The van der Waals surface area contributed by atoms with Crippen LogP contribution in [-0.4, -0.2) is 25.0 Å². The normalized spacial score (nSPS) is 16.8. The summed E-state index contributed by atoms with van der Waals surface area (Å²) in [5.74, 6) is 1.65. The Hall–Kier alpha value is -2.69. The van der Waals surface area contributed by atoms with Crippen molar-refractivity contribution in [1.82, 2.24) is 5.43 Å².